The Balaban J connectivity index is 1.53. The lowest BCUT2D eigenvalue weighted by molar-refractivity contribution is -0.197. The minimum Gasteiger partial charge on any atom is -0.387 e. The summed E-state index contributed by atoms with van der Waals surface area (Å²) in [4.78, 5) is 59.8. The number of halogens is 2. The molecule has 1 aliphatic heterocycles. The third kappa shape index (κ3) is 8.61. The van der Waals surface area contributed by atoms with Gasteiger partial charge in [-0.25, -0.2) is 18.6 Å². The Bertz CT molecular complexity index is 1540. The number of benzene rings is 2. The van der Waals surface area contributed by atoms with Gasteiger partial charge in [-0.3, -0.25) is 14.4 Å². The minimum atomic E-state index is -0.745. The summed E-state index contributed by atoms with van der Waals surface area (Å²) >= 11 is 0. The van der Waals surface area contributed by atoms with Gasteiger partial charge in [0.25, 0.3) is 11.8 Å². The average molecular weight is 640 g/mol. The first-order valence-corrected chi connectivity index (χ1v) is 15.1. The van der Waals surface area contributed by atoms with E-state index in [1.54, 1.807) is 6.20 Å². The number of imidazole rings is 1. The number of hydrogen-bond donors (Lipinski definition) is 2. The van der Waals surface area contributed by atoms with Gasteiger partial charge in [0.15, 0.2) is 0 Å². The van der Waals surface area contributed by atoms with E-state index in [4.69, 9.17) is 9.82 Å². The van der Waals surface area contributed by atoms with Crippen LogP contribution in [0.15, 0.2) is 54.7 Å². The predicted octanol–water partition coefficient (Wildman–Crippen LogP) is 3.76. The van der Waals surface area contributed by atoms with Crippen molar-refractivity contribution in [3.05, 3.63) is 77.8 Å². The third-order valence-corrected chi connectivity index (χ3v) is 7.50. The summed E-state index contributed by atoms with van der Waals surface area (Å²) < 4.78 is 30.9. The smallest absolute Gasteiger partial charge is 0.334 e. The largest absolute Gasteiger partial charge is 0.387 e. The topological polar surface area (TPSA) is 134 Å². The van der Waals surface area contributed by atoms with E-state index in [2.05, 4.69) is 5.32 Å². The van der Waals surface area contributed by atoms with Crippen molar-refractivity contribution in [2.45, 2.75) is 59.0 Å². The van der Waals surface area contributed by atoms with Crippen molar-refractivity contribution in [3.8, 4) is 11.3 Å². The quantitative estimate of drug-likeness (QED) is 0.201. The summed E-state index contributed by atoms with van der Waals surface area (Å²) in [6, 6.07) is 12.0. The van der Waals surface area contributed by atoms with E-state index in [-0.39, 0.29) is 43.6 Å². The Morgan fingerprint density at radius 3 is 2.41 bits per heavy atom. The van der Waals surface area contributed by atoms with Gasteiger partial charge >= 0.3 is 5.97 Å². The highest BCUT2D eigenvalue weighted by Crippen LogP contribution is 2.39. The first-order chi connectivity index (χ1) is 21.9. The number of aromatic nitrogens is 2. The molecule has 1 fully saturated rings. The van der Waals surface area contributed by atoms with Crippen molar-refractivity contribution in [2.24, 2.45) is 5.41 Å². The summed E-state index contributed by atoms with van der Waals surface area (Å²) in [6.07, 6.45) is 2.01. The molecule has 246 valence electrons. The number of hydrogen-bond acceptors (Lipinski definition) is 8. The second-order valence-corrected chi connectivity index (χ2v) is 12.1. The van der Waals surface area contributed by atoms with Gasteiger partial charge < -0.3 is 24.7 Å². The van der Waals surface area contributed by atoms with Crippen molar-refractivity contribution in [2.75, 3.05) is 26.2 Å². The third-order valence-electron chi connectivity index (χ3n) is 7.50. The van der Waals surface area contributed by atoms with Gasteiger partial charge in [-0.05, 0) is 42.1 Å². The van der Waals surface area contributed by atoms with Crippen LogP contribution in [-0.4, -0.2) is 74.6 Å². The van der Waals surface area contributed by atoms with Crippen LogP contribution in [0.25, 0.3) is 11.3 Å². The Morgan fingerprint density at radius 2 is 1.76 bits per heavy atom. The summed E-state index contributed by atoms with van der Waals surface area (Å²) in [5.74, 6) is -3.16. The molecule has 1 atom stereocenters. The highest BCUT2D eigenvalue weighted by Gasteiger charge is 2.38. The first kappa shape index (κ1) is 34.4. The highest BCUT2D eigenvalue weighted by atomic mass is 19.1. The van der Waals surface area contributed by atoms with Crippen LogP contribution in [0, 0.1) is 17.0 Å². The Kier molecular flexibility index (Phi) is 11.4. The number of nitrogens with one attached hydrogen (secondary N) is 1. The van der Waals surface area contributed by atoms with Crippen molar-refractivity contribution in [3.63, 3.8) is 0 Å². The van der Waals surface area contributed by atoms with E-state index in [0.29, 0.717) is 30.4 Å². The predicted molar refractivity (Wildman–Crippen MR) is 163 cm³/mol. The van der Waals surface area contributed by atoms with Crippen LogP contribution >= 0.6 is 0 Å². The normalized spacial score (nSPS) is 14.1. The molecule has 0 bridgehead atoms. The van der Waals surface area contributed by atoms with Crippen molar-refractivity contribution >= 4 is 23.7 Å². The summed E-state index contributed by atoms with van der Waals surface area (Å²) in [5.41, 5.74) is 0.520. The molecular weight excluding hydrogens is 600 g/mol. The highest BCUT2D eigenvalue weighted by molar-refractivity contribution is 6.01. The summed E-state index contributed by atoms with van der Waals surface area (Å²) in [7, 11) is 0. The zero-order chi connectivity index (χ0) is 33.4. The molecule has 1 saturated heterocycles. The Hall–Kier alpha value is -4.49. The maximum absolute atomic E-state index is 14.9. The Labute approximate surface area is 266 Å². The molecule has 0 spiro atoms. The van der Waals surface area contributed by atoms with Crippen LogP contribution < -0.4 is 5.32 Å². The fourth-order valence-corrected chi connectivity index (χ4v) is 5.36. The molecule has 0 aliphatic carbocycles. The molecule has 2 N–H and O–H groups in total. The molecule has 0 saturated carbocycles. The van der Waals surface area contributed by atoms with Crippen LogP contribution in [0.3, 0.4) is 0 Å². The summed E-state index contributed by atoms with van der Waals surface area (Å²) in [6.45, 7) is 6.19. The average Bonchev–Trinajstić information content (AvgIpc) is 3.56. The van der Waals surface area contributed by atoms with E-state index in [9.17, 15) is 33.1 Å². The van der Waals surface area contributed by atoms with Gasteiger partial charge in [0.05, 0.1) is 18.2 Å². The number of imide groups is 1. The molecule has 3 amide bonds. The van der Waals surface area contributed by atoms with Gasteiger partial charge in [-0.15, -0.1) is 5.06 Å². The van der Waals surface area contributed by atoms with E-state index < -0.39 is 53.4 Å². The molecule has 1 aromatic heterocycles. The number of amides is 3. The lowest BCUT2D eigenvalue weighted by atomic mass is 9.84. The molecule has 2 heterocycles. The molecule has 13 heteroatoms. The van der Waals surface area contributed by atoms with Gasteiger partial charge in [0.1, 0.15) is 24.1 Å². The van der Waals surface area contributed by atoms with Crippen molar-refractivity contribution in [1.82, 2.24) is 24.8 Å². The number of carbonyl (C=O) groups is 4. The second kappa shape index (κ2) is 15.2. The lowest BCUT2D eigenvalue weighted by Gasteiger charge is -2.40. The molecule has 46 heavy (non-hydrogen) atoms. The zero-order valence-corrected chi connectivity index (χ0v) is 26.2. The van der Waals surface area contributed by atoms with Gasteiger partial charge in [-0.1, -0.05) is 51.1 Å². The van der Waals surface area contributed by atoms with Gasteiger partial charge in [0, 0.05) is 44.2 Å². The van der Waals surface area contributed by atoms with Gasteiger partial charge in [0.2, 0.25) is 5.91 Å². The molecule has 1 aliphatic rings. The number of aliphatic hydroxyl groups excluding tert-OH is 1. The molecule has 2 aromatic carbocycles. The fraction of sp³-hybridized carbons (Fsp3) is 0.424. The maximum Gasteiger partial charge on any atom is 0.334 e. The molecule has 3 aromatic rings. The lowest BCUT2D eigenvalue weighted by Crippen LogP contribution is -2.44. The summed E-state index contributed by atoms with van der Waals surface area (Å²) in [5, 5.41) is 13.5. The van der Waals surface area contributed by atoms with E-state index >= 15 is 0 Å². The van der Waals surface area contributed by atoms with E-state index in [1.807, 2.05) is 55.7 Å². The molecule has 0 unspecified atom stereocenters. The van der Waals surface area contributed by atoms with Crippen molar-refractivity contribution < 1.29 is 37.9 Å². The van der Waals surface area contributed by atoms with Crippen molar-refractivity contribution in [1.29, 1.82) is 0 Å². The van der Waals surface area contributed by atoms with E-state index in [0.717, 1.165) is 23.8 Å². The van der Waals surface area contributed by atoms with Crippen LogP contribution in [0.4, 0.5) is 8.78 Å². The zero-order valence-electron chi connectivity index (χ0n) is 26.2. The van der Waals surface area contributed by atoms with Crippen LogP contribution in [0.1, 0.15) is 63.9 Å². The minimum absolute atomic E-state index is 0.0121. The van der Waals surface area contributed by atoms with Gasteiger partial charge in [-0.2, -0.15) is 0 Å². The van der Waals surface area contributed by atoms with Crippen LogP contribution in [0.5, 0.6) is 0 Å². The number of carbonyl (C=O) groups excluding carboxylic acids is 4. The molecule has 0 radical (unpaired) electrons. The standard InChI is InChI=1S/C33H39F2N5O6/c1-33(2,3)31(39(29(44)21-41)17-7-15-36-16-14-30(45)46-40-27(42)12-13-28(40)43)32-37-26(24-18-23(34)10-11-25(24)35)20-38(32)19-22-8-5-4-6-9-22/h4-6,8-11,18,20,31,36,41H,7,12-17,19,21H2,1-3H3/t31-/m0/s1. The fourth-order valence-electron chi connectivity index (χ4n) is 5.36. The second-order valence-electron chi connectivity index (χ2n) is 12.1. The van der Waals surface area contributed by atoms with Crippen LogP contribution in [0.2, 0.25) is 0 Å². The van der Waals surface area contributed by atoms with E-state index in [1.165, 1.54) is 4.90 Å². The number of nitrogens with zero attached hydrogens (tertiary/aromatic N) is 4. The number of rotatable bonds is 14. The molecule has 11 nitrogen and oxygen atoms in total. The number of aliphatic hydroxyl groups is 1. The first-order valence-electron chi connectivity index (χ1n) is 15.1. The SMILES string of the molecule is CC(C)(C)[C@H](c1nc(-c2cc(F)ccc2F)cn1Cc1ccccc1)N(CCCNCCC(=O)ON1C(=O)CCC1=O)C(=O)CO. The maximum atomic E-state index is 14.9. The monoisotopic (exact) mass is 639 g/mol. The Morgan fingerprint density at radius 1 is 1.07 bits per heavy atom. The molecule has 4 rings (SSSR count). The number of hydroxylamine groups is 2. The van der Waals surface area contributed by atoms with Crippen LogP contribution in [-0.2, 0) is 30.6 Å². The molecular formula is C33H39F2N5O6.